The van der Waals surface area contributed by atoms with Crippen LogP contribution in [0.25, 0.3) is 0 Å². The molecule has 176 valence electrons. The van der Waals surface area contributed by atoms with Crippen LogP contribution in [0.15, 0.2) is 60.9 Å². The van der Waals surface area contributed by atoms with E-state index in [1.54, 1.807) is 17.0 Å². The Kier molecular flexibility index (Phi) is 8.43. The van der Waals surface area contributed by atoms with Gasteiger partial charge in [-0.3, -0.25) is 14.6 Å². The van der Waals surface area contributed by atoms with Gasteiger partial charge < -0.3 is 15.5 Å². The molecule has 1 atom stereocenters. The number of carbonyl (C=O) groups excluding carboxylic acids is 2. The molecule has 0 radical (unpaired) electrons. The molecule has 0 saturated carbocycles. The molecule has 1 heterocycles. The SMILES string of the molecule is C=C(NCc1ccc(F)cc1)N1C(NC=O)CN(CCc2ccc(C)cc2)C(=O)CCN1C. The first-order chi connectivity index (χ1) is 15.9. The number of amides is 2. The van der Waals surface area contributed by atoms with Crippen LogP contribution in [0.1, 0.15) is 23.1 Å². The molecule has 1 unspecified atom stereocenters. The van der Waals surface area contributed by atoms with Crippen molar-refractivity contribution in [2.45, 2.75) is 32.5 Å². The Morgan fingerprint density at radius 1 is 1.15 bits per heavy atom. The van der Waals surface area contributed by atoms with E-state index in [4.69, 9.17) is 0 Å². The third kappa shape index (κ3) is 6.79. The quantitative estimate of drug-likeness (QED) is 0.571. The molecule has 2 aromatic carbocycles. The van der Waals surface area contributed by atoms with Crippen LogP contribution in [0.5, 0.6) is 0 Å². The molecule has 0 spiro atoms. The molecule has 1 aliphatic rings. The summed E-state index contributed by atoms with van der Waals surface area (Å²) in [5.74, 6) is 0.344. The summed E-state index contributed by atoms with van der Waals surface area (Å²) in [7, 11) is 1.86. The number of aryl methyl sites for hydroxylation is 1. The minimum absolute atomic E-state index is 0.0520. The summed E-state index contributed by atoms with van der Waals surface area (Å²) < 4.78 is 13.2. The van der Waals surface area contributed by atoms with Crippen molar-refractivity contribution in [2.24, 2.45) is 0 Å². The van der Waals surface area contributed by atoms with Crippen molar-refractivity contribution in [1.82, 2.24) is 25.6 Å². The second-order valence-corrected chi connectivity index (χ2v) is 8.28. The van der Waals surface area contributed by atoms with Gasteiger partial charge in [0.2, 0.25) is 12.3 Å². The second-order valence-electron chi connectivity index (χ2n) is 8.28. The second kappa shape index (κ2) is 11.5. The highest BCUT2D eigenvalue weighted by Crippen LogP contribution is 2.16. The van der Waals surface area contributed by atoms with Crippen LogP contribution in [0.4, 0.5) is 4.39 Å². The zero-order valence-electron chi connectivity index (χ0n) is 19.3. The van der Waals surface area contributed by atoms with Crippen LogP contribution < -0.4 is 10.6 Å². The molecular weight excluding hydrogens is 421 g/mol. The standard InChI is InChI=1S/C25H32FN5O2/c1-19-4-6-21(7-5-19)12-15-30-17-24(28-18-32)31(29(3)14-13-25(30)33)20(2)27-16-22-8-10-23(26)11-9-22/h4-11,18,24,27H,2,12-17H2,1,3H3,(H,28,32). The molecule has 3 rings (SSSR count). The van der Waals surface area contributed by atoms with Crippen LogP contribution in [0, 0.1) is 12.7 Å². The Morgan fingerprint density at radius 3 is 2.48 bits per heavy atom. The fourth-order valence-corrected chi connectivity index (χ4v) is 3.87. The first-order valence-electron chi connectivity index (χ1n) is 11.1. The average molecular weight is 454 g/mol. The highest BCUT2D eigenvalue weighted by Gasteiger charge is 2.30. The topological polar surface area (TPSA) is 67.9 Å². The lowest BCUT2D eigenvalue weighted by Gasteiger charge is -2.44. The van der Waals surface area contributed by atoms with E-state index in [0.29, 0.717) is 44.8 Å². The zero-order chi connectivity index (χ0) is 23.8. The summed E-state index contributed by atoms with van der Waals surface area (Å²) in [4.78, 5) is 26.1. The number of carbonyl (C=O) groups is 2. The molecule has 0 aliphatic carbocycles. The van der Waals surface area contributed by atoms with Gasteiger partial charge in [-0.2, -0.15) is 0 Å². The van der Waals surface area contributed by atoms with Crippen molar-refractivity contribution in [1.29, 1.82) is 0 Å². The Morgan fingerprint density at radius 2 is 1.82 bits per heavy atom. The van der Waals surface area contributed by atoms with Gasteiger partial charge in [0.25, 0.3) is 0 Å². The maximum absolute atomic E-state index is 13.2. The van der Waals surface area contributed by atoms with Gasteiger partial charge in [0.15, 0.2) is 0 Å². The van der Waals surface area contributed by atoms with Crippen molar-refractivity contribution in [3.05, 3.63) is 83.4 Å². The van der Waals surface area contributed by atoms with Crippen molar-refractivity contribution >= 4 is 12.3 Å². The predicted octanol–water partition coefficient (Wildman–Crippen LogP) is 2.39. The lowest BCUT2D eigenvalue weighted by molar-refractivity contribution is -0.140. The van der Waals surface area contributed by atoms with Gasteiger partial charge in [-0.05, 0) is 36.6 Å². The van der Waals surface area contributed by atoms with Gasteiger partial charge in [-0.15, -0.1) is 0 Å². The maximum Gasteiger partial charge on any atom is 0.224 e. The fourth-order valence-electron chi connectivity index (χ4n) is 3.87. The molecule has 2 amide bonds. The molecule has 8 heteroatoms. The molecular formula is C25H32FN5O2. The Labute approximate surface area is 194 Å². The Hall–Kier alpha value is -3.39. The van der Waals surface area contributed by atoms with Crippen LogP contribution in [-0.4, -0.2) is 60.1 Å². The molecule has 1 aliphatic heterocycles. The van der Waals surface area contributed by atoms with E-state index < -0.39 is 6.17 Å². The van der Waals surface area contributed by atoms with E-state index in [0.717, 1.165) is 17.5 Å². The van der Waals surface area contributed by atoms with Gasteiger partial charge in [-0.1, -0.05) is 48.5 Å². The summed E-state index contributed by atoms with van der Waals surface area (Å²) in [5.41, 5.74) is 3.26. The average Bonchev–Trinajstić information content (AvgIpc) is 2.80. The number of hydrazine groups is 1. The number of halogens is 1. The number of hydrogen-bond donors (Lipinski definition) is 2. The smallest absolute Gasteiger partial charge is 0.224 e. The van der Waals surface area contributed by atoms with Crippen molar-refractivity contribution in [2.75, 3.05) is 26.7 Å². The summed E-state index contributed by atoms with van der Waals surface area (Å²) in [6, 6.07) is 14.5. The van der Waals surface area contributed by atoms with E-state index in [1.807, 2.05) is 24.0 Å². The fraction of sp³-hybridized carbons (Fsp3) is 0.360. The Balaban J connectivity index is 1.70. The molecule has 1 fully saturated rings. The van der Waals surface area contributed by atoms with Crippen molar-refractivity contribution in [3.63, 3.8) is 0 Å². The molecule has 2 aromatic rings. The largest absolute Gasteiger partial charge is 0.367 e. The van der Waals surface area contributed by atoms with Gasteiger partial charge in [0.1, 0.15) is 17.8 Å². The highest BCUT2D eigenvalue weighted by atomic mass is 19.1. The van der Waals surface area contributed by atoms with Gasteiger partial charge in [0, 0.05) is 33.1 Å². The summed E-state index contributed by atoms with van der Waals surface area (Å²) in [5, 5.41) is 9.84. The third-order valence-corrected chi connectivity index (χ3v) is 5.80. The third-order valence-electron chi connectivity index (χ3n) is 5.80. The minimum Gasteiger partial charge on any atom is -0.367 e. The van der Waals surface area contributed by atoms with Crippen LogP contribution in [0.2, 0.25) is 0 Å². The zero-order valence-corrected chi connectivity index (χ0v) is 19.3. The van der Waals surface area contributed by atoms with Gasteiger partial charge >= 0.3 is 0 Å². The number of nitrogens with one attached hydrogen (secondary N) is 2. The van der Waals surface area contributed by atoms with Gasteiger partial charge in [-0.25, -0.2) is 9.40 Å². The summed E-state index contributed by atoms with van der Waals surface area (Å²) >= 11 is 0. The summed E-state index contributed by atoms with van der Waals surface area (Å²) in [6.07, 6.45) is 1.26. The van der Waals surface area contributed by atoms with Crippen LogP contribution >= 0.6 is 0 Å². The van der Waals surface area contributed by atoms with Crippen LogP contribution in [-0.2, 0) is 22.6 Å². The van der Waals surface area contributed by atoms with Crippen molar-refractivity contribution < 1.29 is 14.0 Å². The predicted molar refractivity (Wildman–Crippen MR) is 126 cm³/mol. The van der Waals surface area contributed by atoms with E-state index >= 15 is 0 Å². The van der Waals surface area contributed by atoms with E-state index in [-0.39, 0.29) is 11.7 Å². The van der Waals surface area contributed by atoms with E-state index in [2.05, 4.69) is 41.5 Å². The van der Waals surface area contributed by atoms with E-state index in [1.165, 1.54) is 17.7 Å². The lowest BCUT2D eigenvalue weighted by atomic mass is 10.1. The number of nitrogens with zero attached hydrogens (tertiary/aromatic N) is 3. The molecule has 7 nitrogen and oxygen atoms in total. The molecule has 2 N–H and O–H groups in total. The normalized spacial score (nSPS) is 17.3. The highest BCUT2D eigenvalue weighted by molar-refractivity contribution is 5.76. The maximum atomic E-state index is 13.2. The summed E-state index contributed by atoms with van der Waals surface area (Å²) in [6.45, 7) is 8.01. The van der Waals surface area contributed by atoms with Crippen molar-refractivity contribution in [3.8, 4) is 0 Å². The number of benzene rings is 2. The van der Waals surface area contributed by atoms with Crippen LogP contribution in [0.3, 0.4) is 0 Å². The molecule has 0 aromatic heterocycles. The Bertz CT molecular complexity index is 948. The number of rotatable bonds is 9. The molecule has 33 heavy (non-hydrogen) atoms. The molecule has 0 bridgehead atoms. The lowest BCUT2D eigenvalue weighted by Crippen LogP contribution is -2.61. The van der Waals surface area contributed by atoms with Gasteiger partial charge in [0.05, 0.1) is 6.54 Å². The number of hydrogen-bond acceptors (Lipinski definition) is 5. The first kappa shape index (κ1) is 24.3. The van der Waals surface area contributed by atoms with E-state index in [9.17, 15) is 14.0 Å². The monoisotopic (exact) mass is 453 g/mol. The molecule has 1 saturated heterocycles. The first-order valence-corrected chi connectivity index (χ1v) is 11.1. The minimum atomic E-state index is -0.483.